The maximum atomic E-state index is 9.68. The lowest BCUT2D eigenvalue weighted by molar-refractivity contribution is 0.506. The van der Waals surface area contributed by atoms with Crippen LogP contribution in [0.2, 0.25) is 0 Å². The quantitative estimate of drug-likeness (QED) is 0.475. The van der Waals surface area contributed by atoms with Crippen molar-refractivity contribution in [2.45, 2.75) is 0 Å². The van der Waals surface area contributed by atoms with Crippen molar-refractivity contribution in [3.63, 3.8) is 0 Å². The Hall–Kier alpha value is -0.140. The fraction of sp³-hybridized carbons (Fsp3) is 0.333. The van der Waals surface area contributed by atoms with E-state index in [1.807, 2.05) is 0 Å². The largest absolute Gasteiger partial charge is 0.509 e. The van der Waals surface area contributed by atoms with Crippen LogP contribution in [-0.2, 0) is 9.13 Å². The Morgan fingerprint density at radius 2 is 2.11 bits per heavy atom. The van der Waals surface area contributed by atoms with Gasteiger partial charge < -0.3 is 0 Å². The third kappa shape index (κ3) is 33.0. The second-order valence-electron chi connectivity index (χ2n) is 0.915. The number of hydrogen-bond acceptors (Lipinski definition) is 2. The molecule has 2 atom stereocenters. The highest BCUT2D eigenvalue weighted by Crippen LogP contribution is 2.10. The number of hydrogen-bond donors (Lipinski definition) is 2. The average Bonchev–Trinajstić information content (AvgIpc) is 1.67. The van der Waals surface area contributed by atoms with E-state index < -0.39 is 16.7 Å². The summed E-state index contributed by atoms with van der Waals surface area (Å²) in [6, 6.07) is 0. The highest BCUT2D eigenvalue weighted by Gasteiger charge is 2.01. The molecule has 0 radical (unpaired) electrons. The fourth-order valence-corrected chi connectivity index (χ4v) is 0.331. The van der Waals surface area contributed by atoms with Gasteiger partial charge in [-0.3, -0.25) is 0 Å². The molecule has 6 heteroatoms. The molecule has 4 nitrogen and oxygen atoms in total. The van der Waals surface area contributed by atoms with Crippen LogP contribution < -0.4 is 0 Å². The molecule has 2 N–H and O–H groups in total. The molecular formula is C3H8O4P2+2. The first-order chi connectivity index (χ1) is 4.18. The lowest BCUT2D eigenvalue weighted by Crippen LogP contribution is -1.61. The minimum Gasteiger partial charge on any atom is -0.162 e. The van der Waals surface area contributed by atoms with E-state index in [-0.39, 0.29) is 6.16 Å². The third-order valence-corrected chi connectivity index (χ3v) is 0.856. The number of allylic oxidation sites excluding steroid dienone is 1. The summed E-state index contributed by atoms with van der Waals surface area (Å²) in [5, 5.41) is 0. The molecule has 0 heterocycles. The Morgan fingerprint density at radius 1 is 1.78 bits per heavy atom. The molecule has 0 spiro atoms. The Bertz CT molecular complexity index is 102. The molecule has 0 bridgehead atoms. The van der Waals surface area contributed by atoms with Crippen molar-refractivity contribution < 1.29 is 18.9 Å². The van der Waals surface area contributed by atoms with E-state index in [2.05, 4.69) is 6.58 Å². The van der Waals surface area contributed by atoms with E-state index in [1.165, 1.54) is 6.08 Å². The van der Waals surface area contributed by atoms with Crippen LogP contribution in [0.3, 0.4) is 0 Å². The van der Waals surface area contributed by atoms with Gasteiger partial charge in [-0.25, -0.2) is 0 Å². The molecule has 52 valence electrons. The average molecular weight is 170 g/mol. The van der Waals surface area contributed by atoms with Gasteiger partial charge in [-0.2, -0.15) is 9.79 Å². The summed E-state index contributed by atoms with van der Waals surface area (Å²) < 4.78 is 18.2. The second-order valence-corrected chi connectivity index (χ2v) is 2.17. The zero-order valence-electron chi connectivity index (χ0n) is 4.65. The minimum atomic E-state index is -1.97. The molecule has 2 unspecified atom stereocenters. The lowest BCUT2D eigenvalue weighted by Gasteiger charge is -1.58. The monoisotopic (exact) mass is 170 g/mol. The second kappa shape index (κ2) is 10.8. The summed E-state index contributed by atoms with van der Waals surface area (Å²) in [4.78, 5) is 15.0. The van der Waals surface area contributed by atoms with Gasteiger partial charge in [-0.05, 0) is 15.2 Å². The normalized spacial score (nSPS) is 9.33. The van der Waals surface area contributed by atoms with Crippen molar-refractivity contribution >= 4 is 16.7 Å². The first-order valence-corrected chi connectivity index (χ1v) is 4.20. The molecule has 0 aliphatic carbocycles. The van der Waals surface area contributed by atoms with Gasteiger partial charge in [0.1, 0.15) is 0 Å². The zero-order chi connectivity index (χ0) is 7.70. The molecule has 0 aromatic carbocycles. The van der Waals surface area contributed by atoms with Crippen LogP contribution in [0.15, 0.2) is 12.7 Å². The highest BCUT2D eigenvalue weighted by molar-refractivity contribution is 7.38. The lowest BCUT2D eigenvalue weighted by atomic mass is 10.8. The molecule has 0 saturated carbocycles. The molecule has 0 aliphatic rings. The molecule has 0 fully saturated rings. The first-order valence-electron chi connectivity index (χ1n) is 1.94. The summed E-state index contributed by atoms with van der Waals surface area (Å²) in [6.45, 7) is 3.26. The molecule has 0 saturated heterocycles. The van der Waals surface area contributed by atoms with Gasteiger partial charge in [0, 0.05) is 0 Å². The molecule has 0 aliphatic heterocycles. The van der Waals surface area contributed by atoms with Crippen LogP contribution in [0, 0.1) is 0 Å². The van der Waals surface area contributed by atoms with Gasteiger partial charge in [0.25, 0.3) is 0 Å². The van der Waals surface area contributed by atoms with Gasteiger partial charge >= 0.3 is 16.7 Å². The zero-order valence-corrected chi connectivity index (χ0v) is 6.54. The fourth-order valence-electron chi connectivity index (χ4n) is 0.110. The maximum Gasteiger partial charge on any atom is 0.509 e. The van der Waals surface area contributed by atoms with Crippen molar-refractivity contribution in [2.24, 2.45) is 0 Å². The molecule has 0 aromatic heterocycles. The molecular weight excluding hydrogens is 162 g/mol. The van der Waals surface area contributed by atoms with Gasteiger partial charge in [-0.15, -0.1) is 0 Å². The SMILES string of the molecule is C=CC[P+](=O)O.O=[PH+]O. The Labute approximate surface area is 55.4 Å². The van der Waals surface area contributed by atoms with Crippen LogP contribution in [0.25, 0.3) is 0 Å². The Balaban J connectivity index is 0. The van der Waals surface area contributed by atoms with Gasteiger partial charge in [0.2, 0.25) is 0 Å². The minimum absolute atomic E-state index is 0.204. The standard InChI is InChI=1S/C3H5O2P.HO2P/c1-2-3-6(4)5;1-3-2/h2H,1,3H2;3H/p+2. The van der Waals surface area contributed by atoms with E-state index >= 15 is 0 Å². The number of rotatable bonds is 2. The molecule has 0 amide bonds. The van der Waals surface area contributed by atoms with Crippen LogP contribution in [0.1, 0.15) is 0 Å². The van der Waals surface area contributed by atoms with E-state index in [0.29, 0.717) is 0 Å². The van der Waals surface area contributed by atoms with Crippen molar-refractivity contribution in [1.82, 2.24) is 0 Å². The van der Waals surface area contributed by atoms with E-state index in [1.54, 1.807) is 0 Å². The predicted molar refractivity (Wildman–Crippen MR) is 36.1 cm³/mol. The maximum absolute atomic E-state index is 9.68. The van der Waals surface area contributed by atoms with Crippen LogP contribution in [-0.4, -0.2) is 15.9 Å². The van der Waals surface area contributed by atoms with E-state index in [4.69, 9.17) is 14.4 Å². The van der Waals surface area contributed by atoms with Crippen LogP contribution in [0.5, 0.6) is 0 Å². The van der Waals surface area contributed by atoms with E-state index in [0.717, 1.165) is 0 Å². The van der Waals surface area contributed by atoms with Gasteiger partial charge in [0.15, 0.2) is 6.16 Å². The van der Waals surface area contributed by atoms with Crippen LogP contribution >= 0.6 is 16.7 Å². The van der Waals surface area contributed by atoms with Crippen molar-refractivity contribution in [2.75, 3.05) is 6.16 Å². The molecule has 0 rings (SSSR count). The summed E-state index contributed by atoms with van der Waals surface area (Å²) in [6.07, 6.45) is 1.62. The van der Waals surface area contributed by atoms with Crippen molar-refractivity contribution in [3.05, 3.63) is 12.7 Å². The molecule has 0 aromatic rings. The Morgan fingerprint density at radius 3 is 2.11 bits per heavy atom. The summed E-state index contributed by atoms with van der Waals surface area (Å²) in [7, 11) is -3.14. The van der Waals surface area contributed by atoms with Crippen LogP contribution in [0.4, 0.5) is 0 Å². The van der Waals surface area contributed by atoms with E-state index in [9.17, 15) is 4.57 Å². The first kappa shape index (κ1) is 11.6. The summed E-state index contributed by atoms with van der Waals surface area (Å²) in [5.41, 5.74) is 0. The third-order valence-electron chi connectivity index (χ3n) is 0.285. The van der Waals surface area contributed by atoms with Gasteiger partial charge in [0.05, 0.1) is 0 Å². The summed E-state index contributed by atoms with van der Waals surface area (Å²) >= 11 is 0. The molecule has 9 heavy (non-hydrogen) atoms. The van der Waals surface area contributed by atoms with Gasteiger partial charge in [-0.1, -0.05) is 6.58 Å². The Kier molecular flexibility index (Phi) is 13.9. The van der Waals surface area contributed by atoms with Crippen molar-refractivity contribution in [1.29, 1.82) is 0 Å². The summed E-state index contributed by atoms with van der Waals surface area (Å²) in [5.74, 6) is 0. The highest BCUT2D eigenvalue weighted by atomic mass is 31.1. The smallest absolute Gasteiger partial charge is 0.162 e. The predicted octanol–water partition coefficient (Wildman–Crippen LogP) is 0.825. The van der Waals surface area contributed by atoms with Crippen molar-refractivity contribution in [3.8, 4) is 0 Å². The topological polar surface area (TPSA) is 74.6 Å².